The molecule has 11 rings (SSSR count). The van der Waals surface area contributed by atoms with Crippen molar-refractivity contribution >= 4 is 46.1 Å². The van der Waals surface area contributed by atoms with E-state index in [1.165, 1.54) is 62.0 Å². The summed E-state index contributed by atoms with van der Waals surface area (Å²) in [4.78, 5) is 24.5. The number of fused-ring (bicyclic) bond motifs is 2. The summed E-state index contributed by atoms with van der Waals surface area (Å²) < 4.78 is 33.6. The highest BCUT2D eigenvalue weighted by Crippen LogP contribution is 2.48. The van der Waals surface area contributed by atoms with E-state index in [1.54, 1.807) is 37.1 Å². The second-order valence-electron chi connectivity index (χ2n) is 21.3. The number of hydrogen-bond acceptors (Lipinski definition) is 8. The molecule has 5 aliphatic heterocycles. The number of piperidine rings is 2. The molecule has 4 fully saturated rings. The number of halogens is 3. The van der Waals surface area contributed by atoms with Gasteiger partial charge in [-0.05, 0) is 161 Å². The van der Waals surface area contributed by atoms with Gasteiger partial charge >= 0.3 is 0 Å². The Morgan fingerprint density at radius 3 is 2.22 bits per heavy atom. The number of aryl methyl sites for hydroxylation is 2. The fraction of sp³-hybridized carbons (Fsp3) is 0.527. The average molecular weight is 956 g/mol. The Labute approximate surface area is 410 Å². The predicted octanol–water partition coefficient (Wildman–Crippen LogP) is 11.3. The number of benzene rings is 3. The number of hydrogen-bond donors (Lipinski definition) is 0. The van der Waals surface area contributed by atoms with Gasteiger partial charge < -0.3 is 24.5 Å². The van der Waals surface area contributed by atoms with Crippen molar-refractivity contribution in [3.63, 3.8) is 0 Å². The van der Waals surface area contributed by atoms with Crippen molar-refractivity contribution in [2.75, 3.05) is 65.4 Å². The van der Waals surface area contributed by atoms with Gasteiger partial charge in [0.15, 0.2) is 5.82 Å². The fourth-order valence-corrected chi connectivity index (χ4v) is 13.7. The minimum absolute atomic E-state index is 0.0115. The smallest absolute Gasteiger partial charge is 0.264 e. The zero-order valence-electron chi connectivity index (χ0n) is 40.4. The summed E-state index contributed by atoms with van der Waals surface area (Å²) in [6.45, 7) is 11.2. The Hall–Kier alpha value is -5.61. The molecule has 1 atom stereocenters. The molecule has 1 saturated carbocycles. The number of nitriles is 1. The highest BCUT2D eigenvalue weighted by molar-refractivity contribution is 6.32. The lowest BCUT2D eigenvalue weighted by molar-refractivity contribution is -0.129. The summed E-state index contributed by atoms with van der Waals surface area (Å²) >= 11 is 6.43. The number of amides is 1. The van der Waals surface area contributed by atoms with E-state index < -0.39 is 6.43 Å². The number of carbonyl (C=O) groups excluding carboxylic acids is 1. The molecule has 2 aromatic heterocycles. The zero-order valence-corrected chi connectivity index (χ0v) is 41.1. The summed E-state index contributed by atoms with van der Waals surface area (Å²) in [7, 11) is 1.80. The molecule has 0 radical (unpaired) electrons. The second-order valence-corrected chi connectivity index (χ2v) is 21.7. The van der Waals surface area contributed by atoms with Crippen LogP contribution in [-0.2, 0) is 31.2 Å². The molecule has 0 unspecified atom stereocenters. The quantitative estimate of drug-likeness (QED) is 0.152. The number of alkyl halides is 2. The summed E-state index contributed by atoms with van der Waals surface area (Å²) in [6, 6.07) is 21.8. The molecule has 14 heteroatoms. The zero-order chi connectivity index (χ0) is 47.6. The summed E-state index contributed by atoms with van der Waals surface area (Å²) in [5.41, 5.74) is 9.99. The third kappa shape index (κ3) is 8.74. The van der Waals surface area contributed by atoms with Gasteiger partial charge in [0.1, 0.15) is 6.07 Å². The van der Waals surface area contributed by atoms with Gasteiger partial charge in [-0.2, -0.15) is 15.5 Å². The van der Waals surface area contributed by atoms with E-state index >= 15 is 0 Å². The van der Waals surface area contributed by atoms with Gasteiger partial charge in [0, 0.05) is 124 Å². The van der Waals surface area contributed by atoms with E-state index in [2.05, 4.69) is 72.7 Å². The molecular formula is C55H65ClF2N10O. The van der Waals surface area contributed by atoms with E-state index in [9.17, 15) is 18.8 Å². The first-order valence-corrected chi connectivity index (χ1v) is 26.0. The number of aromatic nitrogens is 4. The fourth-order valence-electron chi connectivity index (χ4n) is 13.4. The Kier molecular flexibility index (Phi) is 12.4. The first-order valence-electron chi connectivity index (χ1n) is 25.6. The maximum Gasteiger partial charge on any atom is 0.264 e. The van der Waals surface area contributed by atoms with Gasteiger partial charge in [0.25, 0.3) is 6.43 Å². The molecular weight excluding hydrogens is 890 g/mol. The minimum atomic E-state index is -2.64. The lowest BCUT2D eigenvalue weighted by Crippen LogP contribution is -2.41. The van der Waals surface area contributed by atoms with Crippen molar-refractivity contribution < 1.29 is 13.6 Å². The summed E-state index contributed by atoms with van der Waals surface area (Å²) in [6.07, 6.45) is 13.8. The third-order valence-electron chi connectivity index (χ3n) is 17.3. The Morgan fingerprint density at radius 2 is 1.57 bits per heavy atom. The maximum absolute atomic E-state index is 14.8. The van der Waals surface area contributed by atoms with Gasteiger partial charge in [0.2, 0.25) is 5.91 Å². The molecule has 5 aromatic rings. The number of rotatable bonds is 8. The van der Waals surface area contributed by atoms with Gasteiger partial charge in [-0.15, -0.1) is 0 Å². The van der Waals surface area contributed by atoms with Crippen LogP contribution in [0.3, 0.4) is 0 Å². The topological polar surface area (TPSA) is 92.7 Å². The molecule has 0 bridgehead atoms. The van der Waals surface area contributed by atoms with Crippen LogP contribution < -0.4 is 19.6 Å². The van der Waals surface area contributed by atoms with E-state index in [4.69, 9.17) is 16.7 Å². The SMILES string of the molecule is CC(=O)N1CCc2c(c(N3CCCc4cc(-c5cnn(C)c5)c(C(F)F)cc43)nn2C2CCC(C3CCN(c4ccc(N5CCC6(CC5)C[C@H](C)N(c5ccc(C#N)c(Cl)c5)C6)cc4)CC3)CC2)C1. The molecule has 69 heavy (non-hydrogen) atoms. The van der Waals surface area contributed by atoms with Crippen LogP contribution in [0, 0.1) is 28.6 Å². The van der Waals surface area contributed by atoms with E-state index in [1.807, 2.05) is 23.1 Å². The van der Waals surface area contributed by atoms with Crippen molar-refractivity contribution in [3.05, 3.63) is 100.0 Å². The van der Waals surface area contributed by atoms with Gasteiger partial charge in [-0.3, -0.25) is 14.2 Å². The van der Waals surface area contributed by atoms with Crippen molar-refractivity contribution in [2.45, 2.75) is 116 Å². The number of nitrogens with zero attached hydrogens (tertiary/aromatic N) is 10. The Morgan fingerprint density at radius 1 is 0.870 bits per heavy atom. The van der Waals surface area contributed by atoms with Crippen LogP contribution in [0.1, 0.15) is 118 Å². The lowest BCUT2D eigenvalue weighted by Gasteiger charge is -2.41. The molecule has 1 amide bonds. The van der Waals surface area contributed by atoms with Gasteiger partial charge in [-0.1, -0.05) is 11.6 Å². The monoisotopic (exact) mass is 954 g/mol. The van der Waals surface area contributed by atoms with Crippen LogP contribution in [0.4, 0.5) is 37.3 Å². The van der Waals surface area contributed by atoms with Crippen molar-refractivity contribution in [1.29, 1.82) is 5.26 Å². The molecule has 1 spiro atoms. The van der Waals surface area contributed by atoms with E-state index in [-0.39, 0.29) is 17.5 Å². The van der Waals surface area contributed by atoms with Crippen molar-refractivity contribution in [2.24, 2.45) is 24.3 Å². The van der Waals surface area contributed by atoms with Crippen LogP contribution in [0.5, 0.6) is 0 Å². The lowest BCUT2D eigenvalue weighted by atomic mass is 9.74. The van der Waals surface area contributed by atoms with E-state index in [0.717, 1.165) is 99.1 Å². The predicted molar refractivity (Wildman–Crippen MR) is 270 cm³/mol. The minimum Gasteiger partial charge on any atom is -0.372 e. The van der Waals surface area contributed by atoms with Crippen LogP contribution in [-0.4, -0.2) is 82.2 Å². The largest absolute Gasteiger partial charge is 0.372 e. The normalized spacial score (nSPS) is 22.9. The molecule has 1 aliphatic carbocycles. The molecule has 362 valence electrons. The van der Waals surface area contributed by atoms with E-state index in [0.29, 0.717) is 58.7 Å². The van der Waals surface area contributed by atoms with Gasteiger partial charge in [0.05, 0.1) is 29.4 Å². The van der Waals surface area contributed by atoms with Crippen LogP contribution in [0.25, 0.3) is 11.1 Å². The van der Waals surface area contributed by atoms with Crippen LogP contribution in [0.15, 0.2) is 67.0 Å². The number of carbonyl (C=O) groups is 1. The maximum atomic E-state index is 14.8. The molecule has 6 aliphatic rings. The van der Waals surface area contributed by atoms with Gasteiger partial charge in [-0.25, -0.2) is 8.78 Å². The van der Waals surface area contributed by atoms with Crippen molar-refractivity contribution in [3.8, 4) is 17.2 Å². The van der Waals surface area contributed by atoms with Crippen LogP contribution >= 0.6 is 11.6 Å². The highest BCUT2D eigenvalue weighted by Gasteiger charge is 2.44. The molecule has 0 N–H and O–H groups in total. The van der Waals surface area contributed by atoms with Crippen LogP contribution in [0.2, 0.25) is 5.02 Å². The molecule has 11 nitrogen and oxygen atoms in total. The first kappa shape index (κ1) is 45.8. The molecule has 3 aromatic carbocycles. The van der Waals surface area contributed by atoms with Crippen molar-refractivity contribution in [1.82, 2.24) is 24.5 Å². The Balaban J connectivity index is 0.713. The highest BCUT2D eigenvalue weighted by atomic mass is 35.5. The standard InChI is InChI=1S/C55H65ClF2N10O/c1-36-30-55(35-67(36)46-11-8-41(31-59)50(56)28-46)19-25-64(26-20-55)44-14-12-43(13-15-44)63-22-16-39(17-23-63)38-6-9-45(10-7-38)68-51-18-24-65(37(2)69)34-49(51)54(61-68)66-21-4-5-40-27-47(42-32-60-62(3)33-42)48(53(57)58)29-52(40)66/h8,11-15,27-29,32-33,36,38-39,45,53H,4-7,9-10,16-26,30,34-35H2,1-3H3/t36-,38?,45?/m0/s1. The Bertz CT molecular complexity index is 2740. The number of anilines is 5. The third-order valence-corrected chi connectivity index (χ3v) is 17.6. The summed E-state index contributed by atoms with van der Waals surface area (Å²) in [5, 5.41) is 19.6. The molecule has 3 saturated heterocycles. The second kappa shape index (κ2) is 18.6. The molecule has 7 heterocycles. The summed E-state index contributed by atoms with van der Waals surface area (Å²) in [5.74, 6) is 2.31. The average Bonchev–Trinajstić information content (AvgIpc) is 4.08. The first-order chi connectivity index (χ1) is 33.4.